The van der Waals surface area contributed by atoms with Gasteiger partial charge in [0.2, 0.25) is 0 Å². The van der Waals surface area contributed by atoms with Crippen molar-refractivity contribution < 1.29 is 19.0 Å². The number of nitrogens with zero attached hydrogens (tertiary/aromatic N) is 2. The summed E-state index contributed by atoms with van der Waals surface area (Å²) in [5.41, 5.74) is 0.766. The van der Waals surface area contributed by atoms with E-state index in [0.717, 1.165) is 5.69 Å². The van der Waals surface area contributed by atoms with Crippen LogP contribution in [-0.2, 0) is 4.79 Å². The molecule has 0 bridgehead atoms. The number of halogens is 2. The van der Waals surface area contributed by atoms with Gasteiger partial charge in [0.25, 0.3) is 5.91 Å². The first-order chi connectivity index (χ1) is 12.0. The van der Waals surface area contributed by atoms with Gasteiger partial charge in [-0.3, -0.25) is 4.79 Å². The lowest BCUT2D eigenvalue weighted by atomic mass is 10.2. The Bertz CT molecular complexity index is 764. The van der Waals surface area contributed by atoms with Crippen LogP contribution in [0.4, 0.5) is 10.1 Å². The van der Waals surface area contributed by atoms with Gasteiger partial charge in [0, 0.05) is 30.7 Å². The highest BCUT2D eigenvalue weighted by Gasteiger charge is 2.23. The molecule has 0 atom stereocenters. The van der Waals surface area contributed by atoms with Crippen molar-refractivity contribution in [3.8, 4) is 11.5 Å². The number of para-hydroxylation sites is 2. The second-order valence-electron chi connectivity index (χ2n) is 5.72. The molecule has 0 aliphatic carbocycles. The lowest BCUT2D eigenvalue weighted by molar-refractivity contribution is -0.133. The fourth-order valence-electron chi connectivity index (χ4n) is 2.75. The van der Waals surface area contributed by atoms with Gasteiger partial charge in [0.15, 0.2) is 18.2 Å². The van der Waals surface area contributed by atoms with Crippen LogP contribution in [0.2, 0.25) is 0 Å². The van der Waals surface area contributed by atoms with Crippen LogP contribution in [-0.4, -0.2) is 48.7 Å². The molecule has 1 N–H and O–H groups in total. The Morgan fingerprint density at radius 3 is 2.56 bits per heavy atom. The number of benzene rings is 2. The number of carbonyl (C=O) groups excluding carboxylic acids is 1. The molecule has 5 nitrogen and oxygen atoms in total. The first-order valence-corrected chi connectivity index (χ1v) is 8.72. The monoisotopic (exact) mass is 408 g/mol. The molecule has 0 radical (unpaired) electrons. The third-order valence-corrected chi connectivity index (χ3v) is 4.59. The van der Waals surface area contributed by atoms with E-state index < -0.39 is 5.82 Å². The Hall–Kier alpha value is -2.28. The number of piperazine rings is 1. The van der Waals surface area contributed by atoms with Gasteiger partial charge < -0.3 is 19.6 Å². The third kappa shape index (κ3) is 4.22. The summed E-state index contributed by atoms with van der Waals surface area (Å²) in [4.78, 5) is 16.0. The lowest BCUT2D eigenvalue weighted by Crippen LogP contribution is -2.50. The van der Waals surface area contributed by atoms with Gasteiger partial charge in [-0.05, 0) is 30.3 Å². The summed E-state index contributed by atoms with van der Waals surface area (Å²) in [7, 11) is 0. The highest BCUT2D eigenvalue weighted by molar-refractivity contribution is 9.10. The largest absolute Gasteiger partial charge is 0.506 e. The summed E-state index contributed by atoms with van der Waals surface area (Å²) < 4.78 is 19.6. The van der Waals surface area contributed by atoms with E-state index in [1.54, 1.807) is 23.1 Å². The number of ether oxygens (including phenoxy) is 1. The molecule has 1 amide bonds. The SMILES string of the molecule is O=C(COc1ccc(Br)cc1F)N1CCN(c2ccccc2O)CC1. The molecule has 2 aromatic carbocycles. The van der Waals surface area contributed by atoms with Crippen molar-refractivity contribution in [3.05, 3.63) is 52.8 Å². The molecular formula is C18H18BrFN2O3. The Morgan fingerprint density at radius 2 is 1.88 bits per heavy atom. The third-order valence-electron chi connectivity index (χ3n) is 4.10. The fourth-order valence-corrected chi connectivity index (χ4v) is 3.08. The molecule has 25 heavy (non-hydrogen) atoms. The maximum absolute atomic E-state index is 13.7. The predicted octanol–water partition coefficient (Wildman–Crippen LogP) is 3.02. The van der Waals surface area contributed by atoms with Crippen molar-refractivity contribution >= 4 is 27.5 Å². The van der Waals surface area contributed by atoms with E-state index in [2.05, 4.69) is 15.9 Å². The normalized spacial score (nSPS) is 14.5. The molecular weight excluding hydrogens is 391 g/mol. The molecule has 2 aromatic rings. The summed E-state index contributed by atoms with van der Waals surface area (Å²) in [6.45, 7) is 2.10. The zero-order valence-electron chi connectivity index (χ0n) is 13.5. The van der Waals surface area contributed by atoms with Gasteiger partial charge in [0.05, 0.1) is 5.69 Å². The number of phenolic OH excluding ortho intramolecular Hbond substituents is 1. The van der Waals surface area contributed by atoms with Crippen molar-refractivity contribution in [2.24, 2.45) is 0 Å². The zero-order chi connectivity index (χ0) is 17.8. The van der Waals surface area contributed by atoms with E-state index in [4.69, 9.17) is 4.74 Å². The number of carbonyl (C=O) groups is 1. The van der Waals surface area contributed by atoms with Crippen molar-refractivity contribution in [2.45, 2.75) is 0 Å². The summed E-state index contributed by atoms with van der Waals surface area (Å²) in [6, 6.07) is 11.6. The summed E-state index contributed by atoms with van der Waals surface area (Å²) in [5.74, 6) is -0.397. The average Bonchev–Trinajstić information content (AvgIpc) is 2.61. The Labute approximate surface area is 153 Å². The maximum Gasteiger partial charge on any atom is 0.260 e. The van der Waals surface area contributed by atoms with Crippen molar-refractivity contribution in [3.63, 3.8) is 0 Å². The van der Waals surface area contributed by atoms with Crippen LogP contribution < -0.4 is 9.64 Å². The molecule has 3 rings (SSSR count). The van der Waals surface area contributed by atoms with Crippen LogP contribution in [0.5, 0.6) is 11.5 Å². The maximum atomic E-state index is 13.7. The summed E-state index contributed by atoms with van der Waals surface area (Å²) in [5, 5.41) is 9.91. The predicted molar refractivity (Wildman–Crippen MR) is 96.5 cm³/mol. The standard InChI is InChI=1S/C18H18BrFN2O3/c19-13-5-6-17(14(20)11-13)25-12-18(24)22-9-7-21(8-10-22)15-3-1-2-4-16(15)23/h1-6,11,23H,7-10,12H2. The van der Waals surface area contributed by atoms with Crippen LogP contribution >= 0.6 is 15.9 Å². The van der Waals surface area contributed by atoms with Crippen LogP contribution in [0.15, 0.2) is 46.9 Å². The average molecular weight is 409 g/mol. The Morgan fingerprint density at radius 1 is 1.16 bits per heavy atom. The zero-order valence-corrected chi connectivity index (χ0v) is 15.1. The highest BCUT2D eigenvalue weighted by Crippen LogP contribution is 2.27. The van der Waals surface area contributed by atoms with Gasteiger partial charge in [-0.1, -0.05) is 28.1 Å². The Balaban J connectivity index is 1.52. The minimum absolute atomic E-state index is 0.0596. The van der Waals surface area contributed by atoms with Gasteiger partial charge in [0.1, 0.15) is 5.75 Å². The molecule has 1 heterocycles. The van der Waals surface area contributed by atoms with Gasteiger partial charge in [-0.15, -0.1) is 0 Å². The van der Waals surface area contributed by atoms with Crippen LogP contribution in [0.25, 0.3) is 0 Å². The van der Waals surface area contributed by atoms with E-state index in [0.29, 0.717) is 30.7 Å². The number of amides is 1. The molecule has 0 spiro atoms. The second kappa shape index (κ2) is 7.74. The summed E-state index contributed by atoms with van der Waals surface area (Å²) in [6.07, 6.45) is 0. The first kappa shape index (κ1) is 17.5. The molecule has 0 unspecified atom stereocenters. The van der Waals surface area contributed by atoms with Gasteiger partial charge in [-0.2, -0.15) is 0 Å². The van der Waals surface area contributed by atoms with E-state index >= 15 is 0 Å². The molecule has 7 heteroatoms. The molecule has 132 valence electrons. The topological polar surface area (TPSA) is 53.0 Å². The molecule has 1 saturated heterocycles. The molecule has 1 fully saturated rings. The van der Waals surface area contributed by atoms with Gasteiger partial charge >= 0.3 is 0 Å². The fraction of sp³-hybridized carbons (Fsp3) is 0.278. The van der Waals surface area contributed by atoms with Crippen molar-refractivity contribution in [2.75, 3.05) is 37.7 Å². The number of rotatable bonds is 4. The van der Waals surface area contributed by atoms with Crippen molar-refractivity contribution in [1.82, 2.24) is 4.90 Å². The first-order valence-electron chi connectivity index (χ1n) is 7.93. The van der Waals surface area contributed by atoms with E-state index in [-0.39, 0.29) is 24.0 Å². The van der Waals surface area contributed by atoms with Crippen LogP contribution in [0.3, 0.4) is 0 Å². The van der Waals surface area contributed by atoms with Crippen LogP contribution in [0, 0.1) is 5.82 Å². The van der Waals surface area contributed by atoms with E-state index in [1.165, 1.54) is 12.1 Å². The number of hydrogen-bond acceptors (Lipinski definition) is 4. The van der Waals surface area contributed by atoms with Crippen molar-refractivity contribution in [1.29, 1.82) is 0 Å². The lowest BCUT2D eigenvalue weighted by Gasteiger charge is -2.36. The quantitative estimate of drug-likeness (QED) is 0.844. The smallest absolute Gasteiger partial charge is 0.260 e. The minimum atomic E-state index is -0.508. The number of aromatic hydroxyl groups is 1. The van der Waals surface area contributed by atoms with Crippen LogP contribution in [0.1, 0.15) is 0 Å². The number of hydrogen-bond donors (Lipinski definition) is 1. The van der Waals surface area contributed by atoms with E-state index in [1.807, 2.05) is 17.0 Å². The number of anilines is 1. The minimum Gasteiger partial charge on any atom is -0.506 e. The molecule has 1 aliphatic heterocycles. The summed E-state index contributed by atoms with van der Waals surface area (Å²) >= 11 is 3.18. The molecule has 0 aromatic heterocycles. The second-order valence-corrected chi connectivity index (χ2v) is 6.64. The molecule has 1 aliphatic rings. The van der Waals surface area contributed by atoms with E-state index in [9.17, 15) is 14.3 Å². The Kier molecular flexibility index (Phi) is 5.43. The number of phenols is 1. The van der Waals surface area contributed by atoms with Gasteiger partial charge in [-0.25, -0.2) is 4.39 Å². The molecule has 0 saturated carbocycles. The highest BCUT2D eigenvalue weighted by atomic mass is 79.9.